The van der Waals surface area contributed by atoms with Gasteiger partial charge in [0.25, 0.3) is 5.91 Å². The minimum absolute atomic E-state index is 0.0458. The average molecular weight is 420 g/mol. The van der Waals surface area contributed by atoms with Gasteiger partial charge in [-0.15, -0.1) is 0 Å². The highest BCUT2D eigenvalue weighted by Gasteiger charge is 2.31. The van der Waals surface area contributed by atoms with Crippen LogP contribution in [0.25, 0.3) is 6.08 Å². The lowest BCUT2D eigenvalue weighted by Crippen LogP contribution is -2.44. The molecule has 4 rings (SSSR count). The molecule has 0 fully saturated rings. The maximum atomic E-state index is 13.5. The van der Waals surface area contributed by atoms with Gasteiger partial charge in [0.15, 0.2) is 11.5 Å². The van der Waals surface area contributed by atoms with Gasteiger partial charge in [0.2, 0.25) is 5.91 Å². The van der Waals surface area contributed by atoms with Crippen LogP contribution in [-0.4, -0.2) is 24.9 Å². The van der Waals surface area contributed by atoms with Crippen molar-refractivity contribution in [3.05, 3.63) is 77.3 Å². The second-order valence-corrected chi connectivity index (χ2v) is 7.73. The third-order valence-electron chi connectivity index (χ3n) is 5.43. The molecular formula is C25H25FN2O3. The third kappa shape index (κ3) is 5.20. The fourth-order valence-corrected chi connectivity index (χ4v) is 3.86. The number of nitrogens with one attached hydrogen (secondary N) is 1. The Hall–Kier alpha value is -3.41. The number of carbonyl (C=O) groups is 2. The quantitative estimate of drug-likeness (QED) is 0.549. The van der Waals surface area contributed by atoms with Crippen molar-refractivity contribution in [1.82, 2.24) is 5.32 Å². The standard InChI is InChI=1S/C25H25FN2O3/c26-20-10-6-9-19(15-20)16-23-25(30)28(21-11-4-5-12-22(21)31-23)17-24(29)27-14-13-18-7-2-1-3-8-18/h4-7,9-12,15-16H,1-3,8,13-14,17H2,(H,27,29). The molecule has 0 radical (unpaired) electrons. The van der Waals surface area contributed by atoms with Crippen molar-refractivity contribution < 1.29 is 18.7 Å². The Morgan fingerprint density at radius 2 is 2.03 bits per heavy atom. The zero-order valence-corrected chi connectivity index (χ0v) is 17.3. The number of halogens is 1. The lowest BCUT2D eigenvalue weighted by molar-refractivity contribution is -0.123. The molecule has 160 valence electrons. The van der Waals surface area contributed by atoms with E-state index < -0.39 is 11.7 Å². The van der Waals surface area contributed by atoms with E-state index in [-0.39, 0.29) is 18.2 Å². The van der Waals surface area contributed by atoms with E-state index in [1.54, 1.807) is 36.4 Å². The SMILES string of the molecule is O=C(CN1C(=O)C(=Cc2cccc(F)c2)Oc2ccccc21)NCCC1=CCCCC1. The van der Waals surface area contributed by atoms with Gasteiger partial charge in [-0.25, -0.2) is 4.39 Å². The molecule has 1 heterocycles. The summed E-state index contributed by atoms with van der Waals surface area (Å²) in [6.07, 6.45) is 9.24. The molecule has 0 saturated heterocycles. The van der Waals surface area contributed by atoms with Gasteiger partial charge >= 0.3 is 0 Å². The first-order valence-electron chi connectivity index (χ1n) is 10.6. The van der Waals surface area contributed by atoms with Crippen LogP contribution in [0.3, 0.4) is 0 Å². The molecule has 0 atom stereocenters. The van der Waals surface area contributed by atoms with Gasteiger partial charge in [-0.1, -0.05) is 35.9 Å². The largest absolute Gasteiger partial charge is 0.449 e. The molecule has 1 aliphatic heterocycles. The number of carbonyl (C=O) groups excluding carboxylic acids is 2. The second-order valence-electron chi connectivity index (χ2n) is 7.73. The van der Waals surface area contributed by atoms with Crippen molar-refractivity contribution in [3.63, 3.8) is 0 Å². The Kier molecular flexibility index (Phi) is 6.46. The molecule has 0 aromatic heterocycles. The van der Waals surface area contributed by atoms with Crippen molar-refractivity contribution >= 4 is 23.6 Å². The molecule has 0 spiro atoms. The summed E-state index contributed by atoms with van der Waals surface area (Å²) in [5.74, 6) is -0.545. The van der Waals surface area contributed by atoms with E-state index in [9.17, 15) is 14.0 Å². The fourth-order valence-electron chi connectivity index (χ4n) is 3.86. The van der Waals surface area contributed by atoms with E-state index in [1.165, 1.54) is 41.5 Å². The summed E-state index contributed by atoms with van der Waals surface area (Å²) in [6, 6.07) is 13.0. The molecule has 2 aromatic carbocycles. The van der Waals surface area contributed by atoms with Gasteiger partial charge in [0.05, 0.1) is 5.69 Å². The molecule has 0 bridgehead atoms. The second kappa shape index (κ2) is 9.60. The molecule has 2 aliphatic rings. The van der Waals surface area contributed by atoms with E-state index in [4.69, 9.17) is 4.74 Å². The van der Waals surface area contributed by atoms with Crippen molar-refractivity contribution in [2.45, 2.75) is 32.1 Å². The fraction of sp³-hybridized carbons (Fsp3) is 0.280. The van der Waals surface area contributed by atoms with Crippen LogP contribution in [0, 0.1) is 5.82 Å². The Labute approximate surface area is 181 Å². The van der Waals surface area contributed by atoms with Gasteiger partial charge in [-0.05, 0) is 68.0 Å². The number of nitrogens with zero attached hydrogens (tertiary/aromatic N) is 1. The highest BCUT2D eigenvalue weighted by Crippen LogP contribution is 2.35. The third-order valence-corrected chi connectivity index (χ3v) is 5.43. The number of ether oxygens (including phenoxy) is 1. The van der Waals surface area contributed by atoms with Crippen LogP contribution in [0.1, 0.15) is 37.7 Å². The number of hydrogen-bond acceptors (Lipinski definition) is 3. The number of fused-ring (bicyclic) bond motifs is 1. The van der Waals surface area contributed by atoms with Gasteiger partial charge in [0.1, 0.15) is 12.4 Å². The molecular weight excluding hydrogens is 395 g/mol. The Morgan fingerprint density at radius 3 is 2.84 bits per heavy atom. The summed E-state index contributed by atoms with van der Waals surface area (Å²) < 4.78 is 19.3. The van der Waals surface area contributed by atoms with Gasteiger partial charge < -0.3 is 10.1 Å². The molecule has 0 unspecified atom stereocenters. The van der Waals surface area contributed by atoms with E-state index in [1.807, 2.05) is 0 Å². The smallest absolute Gasteiger partial charge is 0.294 e. The van der Waals surface area contributed by atoms with Gasteiger partial charge in [0, 0.05) is 6.54 Å². The zero-order valence-electron chi connectivity index (χ0n) is 17.3. The Balaban J connectivity index is 1.48. The number of para-hydroxylation sites is 2. The minimum atomic E-state index is -0.437. The topological polar surface area (TPSA) is 58.6 Å². The molecule has 0 saturated carbocycles. The first kappa shape index (κ1) is 20.8. The van der Waals surface area contributed by atoms with Crippen molar-refractivity contribution in [3.8, 4) is 5.75 Å². The first-order chi connectivity index (χ1) is 15.1. The van der Waals surface area contributed by atoms with Crippen LogP contribution in [0.15, 0.2) is 65.9 Å². The summed E-state index contributed by atoms with van der Waals surface area (Å²) in [7, 11) is 0. The van der Waals surface area contributed by atoms with E-state index in [0.717, 1.165) is 19.3 Å². The first-order valence-corrected chi connectivity index (χ1v) is 10.6. The van der Waals surface area contributed by atoms with Crippen LogP contribution < -0.4 is 15.0 Å². The lowest BCUT2D eigenvalue weighted by Gasteiger charge is -2.30. The molecule has 1 aliphatic carbocycles. The zero-order chi connectivity index (χ0) is 21.6. The van der Waals surface area contributed by atoms with Crippen LogP contribution in [0.2, 0.25) is 0 Å². The van der Waals surface area contributed by atoms with Crippen LogP contribution in [-0.2, 0) is 9.59 Å². The van der Waals surface area contributed by atoms with E-state index in [2.05, 4.69) is 11.4 Å². The molecule has 1 N–H and O–H groups in total. The monoisotopic (exact) mass is 420 g/mol. The number of anilines is 1. The van der Waals surface area contributed by atoms with Crippen molar-refractivity contribution in [2.24, 2.45) is 0 Å². The summed E-state index contributed by atoms with van der Waals surface area (Å²) in [6.45, 7) is 0.440. The number of rotatable bonds is 6. The summed E-state index contributed by atoms with van der Waals surface area (Å²) in [5.41, 5.74) is 2.43. The summed E-state index contributed by atoms with van der Waals surface area (Å²) >= 11 is 0. The van der Waals surface area contributed by atoms with Crippen LogP contribution in [0.5, 0.6) is 5.75 Å². The molecule has 5 nitrogen and oxygen atoms in total. The molecule has 31 heavy (non-hydrogen) atoms. The lowest BCUT2D eigenvalue weighted by atomic mass is 9.97. The van der Waals surface area contributed by atoms with Crippen molar-refractivity contribution in [1.29, 1.82) is 0 Å². The van der Waals surface area contributed by atoms with Crippen LogP contribution >= 0.6 is 0 Å². The highest BCUT2D eigenvalue weighted by molar-refractivity contribution is 6.12. The Morgan fingerprint density at radius 1 is 1.16 bits per heavy atom. The average Bonchev–Trinajstić information content (AvgIpc) is 2.77. The minimum Gasteiger partial charge on any atom is -0.449 e. The van der Waals surface area contributed by atoms with E-state index >= 15 is 0 Å². The highest BCUT2D eigenvalue weighted by atomic mass is 19.1. The normalized spacial score (nSPS) is 17.1. The van der Waals surface area contributed by atoms with E-state index in [0.29, 0.717) is 23.5 Å². The predicted octanol–water partition coefficient (Wildman–Crippen LogP) is 4.60. The van der Waals surface area contributed by atoms with Crippen LogP contribution in [0.4, 0.5) is 10.1 Å². The van der Waals surface area contributed by atoms with Gasteiger partial charge in [-0.3, -0.25) is 14.5 Å². The predicted molar refractivity (Wildman–Crippen MR) is 118 cm³/mol. The van der Waals surface area contributed by atoms with Crippen molar-refractivity contribution in [2.75, 3.05) is 18.0 Å². The van der Waals surface area contributed by atoms with Gasteiger partial charge in [-0.2, -0.15) is 0 Å². The summed E-state index contributed by atoms with van der Waals surface area (Å²) in [5, 5.41) is 2.92. The Bertz CT molecular complexity index is 1040. The number of amides is 2. The molecule has 2 aromatic rings. The maximum Gasteiger partial charge on any atom is 0.294 e. The maximum absolute atomic E-state index is 13.5. The molecule has 6 heteroatoms. The number of benzene rings is 2. The molecule has 2 amide bonds. The number of hydrogen-bond donors (Lipinski definition) is 1. The number of allylic oxidation sites excluding steroid dienone is 1. The summed E-state index contributed by atoms with van der Waals surface area (Å²) in [4.78, 5) is 27.1.